The first-order valence-electron chi connectivity index (χ1n) is 28.5. The van der Waals surface area contributed by atoms with Crippen LogP contribution in [0.4, 0.5) is 10.5 Å². The maximum Gasteiger partial charge on any atom is 0.513 e. The van der Waals surface area contributed by atoms with Crippen LogP contribution in [-0.2, 0) is 85.9 Å². The second-order valence-electron chi connectivity index (χ2n) is 26.1. The van der Waals surface area contributed by atoms with Crippen LogP contribution in [-0.4, -0.2) is 153 Å². The number of ether oxygens (including phenoxy) is 5. The van der Waals surface area contributed by atoms with Gasteiger partial charge in [-0.25, -0.2) is 33.8 Å². The maximum atomic E-state index is 12.2. The third-order valence-corrected chi connectivity index (χ3v) is 30.4. The highest BCUT2D eigenvalue weighted by atomic mass is 33.1. The van der Waals surface area contributed by atoms with E-state index in [0.29, 0.717) is 0 Å². The van der Waals surface area contributed by atoms with E-state index in [-0.39, 0.29) is 113 Å². The molecule has 4 aromatic rings. The molecule has 12 unspecified atom stereocenters. The molecule has 3 aliphatic rings. The number of carbonyl (C=O) groups is 4. The molecule has 28 nitrogen and oxygen atoms in total. The van der Waals surface area contributed by atoms with Crippen molar-refractivity contribution in [3.05, 3.63) is 70.8 Å². The first-order valence-corrected chi connectivity index (χ1v) is 41.2. The van der Waals surface area contributed by atoms with Crippen molar-refractivity contribution in [2.75, 3.05) is 13.2 Å². The molecule has 3 saturated heterocycles. The van der Waals surface area contributed by atoms with Gasteiger partial charge in [0.15, 0.2) is 43.6 Å². The van der Waals surface area contributed by atoms with Gasteiger partial charge >= 0.3 is 6.16 Å². The Labute approximate surface area is 553 Å². The Morgan fingerprint density at radius 1 is 0.622 bits per heavy atom. The van der Waals surface area contributed by atoms with E-state index in [2.05, 4.69) is 190 Å². The lowest BCUT2D eigenvalue weighted by atomic mass is 9.99. The fourth-order valence-corrected chi connectivity index (χ4v) is 12.6. The molecular formula is C54H93N13O15S5Si3. The third kappa shape index (κ3) is 21.1. The minimum Gasteiger partial charge on any atom is -0.431 e. The summed E-state index contributed by atoms with van der Waals surface area (Å²) in [6.45, 7) is 40.4. The Morgan fingerprint density at radius 3 is 1.20 bits per heavy atom. The molecule has 90 heavy (non-hydrogen) atoms. The van der Waals surface area contributed by atoms with E-state index < -0.39 is 78.4 Å². The second kappa shape index (κ2) is 33.9. The lowest BCUT2D eigenvalue weighted by Gasteiger charge is -2.40. The summed E-state index contributed by atoms with van der Waals surface area (Å²) >= 11 is 15.6. The van der Waals surface area contributed by atoms with E-state index in [1.807, 2.05) is 13.8 Å². The van der Waals surface area contributed by atoms with Gasteiger partial charge in [0, 0.05) is 83.5 Å². The molecule has 3 amide bonds. The number of nitro benzene ring substituents is 1. The van der Waals surface area contributed by atoms with Crippen molar-refractivity contribution in [3.63, 3.8) is 0 Å². The van der Waals surface area contributed by atoms with Gasteiger partial charge < -0.3 is 59.3 Å². The summed E-state index contributed by atoms with van der Waals surface area (Å²) in [7, 11) is -5.37. The van der Waals surface area contributed by atoms with Crippen LogP contribution in [0, 0.1) is 27.9 Å². The summed E-state index contributed by atoms with van der Waals surface area (Å²) in [4.78, 5) is 68.3. The van der Waals surface area contributed by atoms with E-state index in [1.165, 1.54) is 52.6 Å². The first-order chi connectivity index (χ1) is 41.1. The molecule has 0 saturated carbocycles. The number of benzene rings is 1. The van der Waals surface area contributed by atoms with Crippen molar-refractivity contribution < 1.29 is 66.2 Å². The molecule has 506 valence electrons. The van der Waals surface area contributed by atoms with Gasteiger partial charge in [0.25, 0.3) is 23.4 Å². The predicted molar refractivity (Wildman–Crippen MR) is 357 cm³/mol. The zero-order valence-electron chi connectivity index (χ0n) is 54.0. The van der Waals surface area contributed by atoms with Gasteiger partial charge in [-0.3, -0.25) is 24.5 Å². The number of amides is 3. The summed E-state index contributed by atoms with van der Waals surface area (Å²) in [5.74, 6) is -2.23. The number of hydrogen-bond acceptors (Lipinski definition) is 25. The van der Waals surface area contributed by atoms with Crippen molar-refractivity contribution in [2.45, 2.75) is 214 Å². The average molecular weight is 1410 g/mol. The van der Waals surface area contributed by atoms with Gasteiger partial charge in [-0.2, -0.15) is 0 Å². The van der Waals surface area contributed by atoms with Crippen molar-refractivity contribution in [1.29, 1.82) is 0 Å². The molecule has 3 aromatic heterocycles. The Morgan fingerprint density at radius 2 is 0.922 bits per heavy atom. The number of carbonyl (C=O) groups excluding carboxylic acids is 4. The molecule has 3 aliphatic heterocycles. The number of aliphatic hydroxyl groups excluding tert-OH is 1. The SMILES string of the molecule is C.CC1C(CO)OC(n2cnc(C(N)=O)n2)C1O[Si](C)(C)C(C)(C)C.CC1C(COC(=O)Oc2ccc([N+](=O)[O-])cc2)OC(n2cnc(C(N)=O)n2)C1O[Si](C)(C)C(C)(C)C.CCC1OC(n2cnc(C(N)=O)n2)C(O[Si](C)(C)C(C)(C)C)C1C.S=S.S=S=S. The lowest BCUT2D eigenvalue weighted by Crippen LogP contribution is -2.47. The lowest BCUT2D eigenvalue weighted by molar-refractivity contribution is -0.384. The monoisotopic (exact) mass is 1410 g/mol. The fraction of sp³-hybridized carbons (Fsp3) is 0.704. The second-order valence-corrected chi connectivity index (χ2v) is 42.1. The summed E-state index contributed by atoms with van der Waals surface area (Å²) < 4.78 is 52.9. The highest BCUT2D eigenvalue weighted by molar-refractivity contribution is 8.37. The van der Waals surface area contributed by atoms with Crippen LogP contribution in [0.1, 0.15) is 154 Å². The number of hydrogen-bond donors (Lipinski definition) is 4. The molecule has 0 spiro atoms. The molecule has 12 atom stereocenters. The van der Waals surface area contributed by atoms with E-state index in [9.17, 15) is 34.4 Å². The van der Waals surface area contributed by atoms with E-state index >= 15 is 0 Å². The van der Waals surface area contributed by atoms with Gasteiger partial charge in [0.2, 0.25) is 17.5 Å². The molecule has 6 heterocycles. The summed E-state index contributed by atoms with van der Waals surface area (Å²) in [6, 6.07) is 5.04. The zero-order valence-corrected chi connectivity index (χ0v) is 61.1. The summed E-state index contributed by atoms with van der Waals surface area (Å²) in [5, 5.41) is 32.8. The Balaban J connectivity index is 0.000000454. The number of nitrogens with zero attached hydrogens (tertiary/aromatic N) is 10. The highest BCUT2D eigenvalue weighted by Gasteiger charge is 2.52. The zero-order chi connectivity index (χ0) is 68.1. The quantitative estimate of drug-likeness (QED) is 0.0240. The number of aromatic nitrogens is 9. The predicted octanol–water partition coefficient (Wildman–Crippen LogP) is 8.05. The average Bonchev–Trinajstić information content (AvgIpc) is 1.86. The van der Waals surface area contributed by atoms with Crippen LogP contribution in [0.5, 0.6) is 5.75 Å². The van der Waals surface area contributed by atoms with Crippen molar-refractivity contribution >= 4 is 108 Å². The normalized spacial score (nSPS) is 24.2. The Hall–Kier alpha value is -4.81. The van der Waals surface area contributed by atoms with Crippen molar-refractivity contribution in [2.24, 2.45) is 35.0 Å². The van der Waals surface area contributed by atoms with Crippen LogP contribution in [0.15, 0.2) is 43.2 Å². The van der Waals surface area contributed by atoms with Crippen LogP contribution >= 0.6 is 0 Å². The molecule has 0 bridgehead atoms. The van der Waals surface area contributed by atoms with Gasteiger partial charge in [-0.05, 0) is 73.0 Å². The molecule has 7 rings (SSSR count). The summed E-state index contributed by atoms with van der Waals surface area (Å²) in [6.07, 6.45) is 0.792. The first kappa shape index (κ1) is 81.3. The Kier molecular flexibility index (Phi) is 30.6. The topological polar surface area (TPSA) is 376 Å². The number of rotatable bonds is 18. The number of nitro groups is 1. The van der Waals surface area contributed by atoms with Crippen LogP contribution in [0.2, 0.25) is 54.4 Å². The number of nitrogens with two attached hydrogens (primary N) is 3. The summed E-state index contributed by atoms with van der Waals surface area (Å²) in [5.41, 5.74) is 15.6. The standard InChI is InChI=1S/C22H31N5O8Si.C16H30N4O3Si.C15H28N4O4Si.CH4.S3.S2/c1-13-16(11-32-21(29)33-15-9-7-14(8-10-15)27(30)31)34-20(26-12-24-19(25-26)18(23)28)17(13)35-36(5,6)22(2,3)4;1-8-11-10(2)12(23-24(6,7)16(3,4)5)15(22-11)20-9-18-14(19-20)13(17)21;1-9-10(7-20)22-14(19-8-17-13(18-19)12(16)21)11(9)23-24(5,6)15(2,3)4;;1-3-2;1-2/h7-10,12-13,16-17,20H,11H2,1-6H3,(H2,23,28);9-12,15H,8H2,1-7H3,(H2,17,21);8-11,14,20H,7H2,1-6H3,(H2,16,21);1H4;;. The van der Waals surface area contributed by atoms with E-state index in [1.54, 1.807) is 4.68 Å². The van der Waals surface area contributed by atoms with Gasteiger partial charge in [0.05, 0.1) is 48.2 Å². The molecule has 7 N–H and O–H groups in total. The molecule has 3 fully saturated rings. The van der Waals surface area contributed by atoms with Gasteiger partial charge in [0.1, 0.15) is 31.3 Å². The largest absolute Gasteiger partial charge is 0.513 e. The highest BCUT2D eigenvalue weighted by Crippen LogP contribution is 2.47. The Bertz CT molecular complexity index is 2940. The maximum absolute atomic E-state index is 12.2. The number of non-ortho nitro benzene ring substituents is 1. The number of aliphatic hydroxyl groups is 1. The van der Waals surface area contributed by atoms with Crippen LogP contribution in [0.25, 0.3) is 0 Å². The van der Waals surface area contributed by atoms with Crippen LogP contribution in [0.3, 0.4) is 0 Å². The molecule has 36 heteroatoms. The fourth-order valence-electron chi connectivity index (χ4n) is 8.55. The minimum absolute atomic E-state index is 0. The molecule has 1 aromatic carbocycles. The molecule has 0 radical (unpaired) electrons. The third-order valence-electron chi connectivity index (χ3n) is 17.0. The number of primary amides is 3. The van der Waals surface area contributed by atoms with E-state index in [4.69, 9.17) is 54.2 Å². The minimum atomic E-state index is -2.25. The molecular weight excluding hydrogens is 1320 g/mol. The van der Waals surface area contributed by atoms with E-state index in [0.717, 1.165) is 15.3 Å². The smallest absolute Gasteiger partial charge is 0.431 e. The van der Waals surface area contributed by atoms with Gasteiger partial charge in [-0.1, -0.05) is 97.4 Å². The van der Waals surface area contributed by atoms with Crippen LogP contribution < -0.4 is 21.9 Å². The van der Waals surface area contributed by atoms with Crippen molar-refractivity contribution in [1.82, 2.24) is 44.3 Å². The molecule has 0 aliphatic carbocycles. The van der Waals surface area contributed by atoms with Crippen molar-refractivity contribution in [3.8, 4) is 5.75 Å². The van der Waals surface area contributed by atoms with Gasteiger partial charge in [-0.15, -0.1) is 15.3 Å².